The van der Waals surface area contributed by atoms with E-state index >= 15 is 0 Å². The molecule has 0 spiro atoms. The van der Waals surface area contributed by atoms with Crippen LogP contribution in [0.15, 0.2) is 24.3 Å². The zero-order valence-electron chi connectivity index (χ0n) is 13.9. The molecule has 0 aliphatic rings. The van der Waals surface area contributed by atoms with Crippen molar-refractivity contribution < 1.29 is 14.3 Å². The van der Waals surface area contributed by atoms with Crippen molar-refractivity contribution in [2.75, 3.05) is 7.11 Å². The minimum Gasteiger partial charge on any atom is -0.493 e. The van der Waals surface area contributed by atoms with Gasteiger partial charge in [-0.2, -0.15) is 10.4 Å². The number of carbonyl (C=O) groups excluding carboxylic acids is 1. The van der Waals surface area contributed by atoms with Gasteiger partial charge in [0.25, 0.3) is 0 Å². The van der Waals surface area contributed by atoms with Gasteiger partial charge in [-0.3, -0.25) is 4.68 Å². The molecular weight excluding hydrogens is 294 g/mol. The molecule has 2 rings (SSSR count). The molecule has 6 heteroatoms. The van der Waals surface area contributed by atoms with Gasteiger partial charge in [0.05, 0.1) is 24.4 Å². The first-order chi connectivity index (χ1) is 10.8. The van der Waals surface area contributed by atoms with Crippen LogP contribution in [0.2, 0.25) is 0 Å². The molecule has 0 amide bonds. The van der Waals surface area contributed by atoms with Crippen molar-refractivity contribution in [2.45, 2.75) is 26.2 Å². The maximum Gasteiger partial charge on any atom is 0.362 e. The number of ether oxygens (including phenoxy) is 2. The molecule has 1 aromatic carbocycles. The summed E-state index contributed by atoms with van der Waals surface area (Å²) in [4.78, 5) is 12.4. The molecule has 0 atom stereocenters. The van der Waals surface area contributed by atoms with E-state index in [0.29, 0.717) is 17.0 Å². The first-order valence-electron chi connectivity index (χ1n) is 7.11. The molecule has 2 aromatic rings. The average Bonchev–Trinajstić information content (AvgIpc) is 2.89. The average molecular weight is 313 g/mol. The second-order valence-electron chi connectivity index (χ2n) is 6.16. The largest absolute Gasteiger partial charge is 0.493 e. The van der Waals surface area contributed by atoms with Crippen molar-refractivity contribution in [3.63, 3.8) is 0 Å². The van der Waals surface area contributed by atoms with Crippen molar-refractivity contribution in [3.8, 4) is 17.6 Å². The quantitative estimate of drug-likeness (QED) is 0.643. The van der Waals surface area contributed by atoms with Crippen LogP contribution in [0.1, 0.15) is 42.5 Å². The summed E-state index contributed by atoms with van der Waals surface area (Å²) < 4.78 is 12.1. The normalized spacial score (nSPS) is 11.0. The van der Waals surface area contributed by atoms with E-state index in [1.807, 2.05) is 26.8 Å². The number of nitriles is 1. The molecule has 120 valence electrons. The van der Waals surface area contributed by atoms with Gasteiger partial charge in [-0.25, -0.2) is 4.79 Å². The van der Waals surface area contributed by atoms with E-state index in [4.69, 9.17) is 14.7 Å². The van der Waals surface area contributed by atoms with Gasteiger partial charge in [-0.1, -0.05) is 20.8 Å². The Morgan fingerprint density at radius 2 is 1.96 bits per heavy atom. The Morgan fingerprint density at radius 1 is 1.26 bits per heavy atom. The summed E-state index contributed by atoms with van der Waals surface area (Å²) in [5, 5.41) is 13.3. The molecule has 0 unspecified atom stereocenters. The summed E-state index contributed by atoms with van der Waals surface area (Å²) >= 11 is 0. The topological polar surface area (TPSA) is 77.1 Å². The Hall–Kier alpha value is -2.81. The fraction of sp³-hybridized carbons (Fsp3) is 0.353. The zero-order valence-corrected chi connectivity index (χ0v) is 13.9. The van der Waals surface area contributed by atoms with Gasteiger partial charge >= 0.3 is 5.97 Å². The predicted molar refractivity (Wildman–Crippen MR) is 84.6 cm³/mol. The third-order valence-electron chi connectivity index (χ3n) is 3.35. The Labute approximate surface area is 135 Å². The minimum absolute atomic E-state index is 0.164. The number of rotatable bonds is 3. The second-order valence-corrected chi connectivity index (χ2v) is 6.16. The number of hydrogen-bond acceptors (Lipinski definition) is 5. The summed E-state index contributed by atoms with van der Waals surface area (Å²) in [6, 6.07) is 8.35. The predicted octanol–water partition coefficient (Wildman–Crippen LogP) is 2.82. The van der Waals surface area contributed by atoms with Gasteiger partial charge in [0.1, 0.15) is 5.69 Å². The molecule has 0 N–H and O–H groups in total. The van der Waals surface area contributed by atoms with Gasteiger partial charge in [0, 0.05) is 18.5 Å². The number of aryl methyl sites for hydroxylation is 1. The van der Waals surface area contributed by atoms with Crippen LogP contribution in [0, 0.1) is 11.3 Å². The van der Waals surface area contributed by atoms with E-state index in [1.165, 1.54) is 23.9 Å². The van der Waals surface area contributed by atoms with Gasteiger partial charge in [0.2, 0.25) is 0 Å². The van der Waals surface area contributed by atoms with Gasteiger partial charge in [-0.05, 0) is 18.2 Å². The highest BCUT2D eigenvalue weighted by molar-refractivity contribution is 5.89. The van der Waals surface area contributed by atoms with E-state index in [0.717, 1.165) is 5.69 Å². The third-order valence-corrected chi connectivity index (χ3v) is 3.35. The standard InChI is InChI=1S/C17H19N3O3/c1-17(2,3)15-9-12(20(4)19-15)16(21)23-13-7-6-11(10-18)8-14(13)22-5/h6-9H,1-5H3. The first kappa shape index (κ1) is 16.6. The molecule has 23 heavy (non-hydrogen) atoms. The lowest BCUT2D eigenvalue weighted by Crippen LogP contribution is -2.14. The SMILES string of the molecule is COc1cc(C#N)ccc1OC(=O)c1cc(C(C)(C)C)nn1C. The van der Waals surface area contributed by atoms with Crippen LogP contribution < -0.4 is 9.47 Å². The van der Waals surface area contributed by atoms with Crippen molar-refractivity contribution in [3.05, 3.63) is 41.2 Å². The van der Waals surface area contributed by atoms with Crippen LogP contribution in [0.25, 0.3) is 0 Å². The molecule has 0 aliphatic carbocycles. The van der Waals surface area contributed by atoms with Crippen LogP contribution in [0.3, 0.4) is 0 Å². The number of aromatic nitrogens is 2. The van der Waals surface area contributed by atoms with Crippen molar-refractivity contribution in [1.82, 2.24) is 9.78 Å². The first-order valence-corrected chi connectivity index (χ1v) is 7.11. The van der Waals surface area contributed by atoms with Gasteiger partial charge < -0.3 is 9.47 Å². The summed E-state index contributed by atoms with van der Waals surface area (Å²) in [6.07, 6.45) is 0. The lowest BCUT2D eigenvalue weighted by atomic mass is 9.92. The van der Waals surface area contributed by atoms with Crippen LogP contribution >= 0.6 is 0 Å². The third kappa shape index (κ3) is 3.51. The summed E-state index contributed by atoms with van der Waals surface area (Å²) in [5.41, 5.74) is 1.42. The van der Waals surface area contributed by atoms with Crippen molar-refractivity contribution in [2.24, 2.45) is 7.05 Å². The molecule has 1 aromatic heterocycles. The molecule has 0 saturated heterocycles. The summed E-state index contributed by atoms with van der Waals surface area (Å²) in [5.74, 6) is 0.0594. The molecular formula is C17H19N3O3. The van der Waals surface area contributed by atoms with E-state index < -0.39 is 5.97 Å². The highest BCUT2D eigenvalue weighted by Gasteiger charge is 2.23. The maximum atomic E-state index is 12.4. The summed E-state index contributed by atoms with van der Waals surface area (Å²) in [7, 11) is 3.15. The molecule has 0 radical (unpaired) electrons. The van der Waals surface area contributed by atoms with E-state index in [-0.39, 0.29) is 11.2 Å². The van der Waals surface area contributed by atoms with Gasteiger partial charge in [-0.15, -0.1) is 0 Å². The minimum atomic E-state index is -0.529. The number of carbonyl (C=O) groups is 1. The second kappa shape index (κ2) is 6.13. The Kier molecular flexibility index (Phi) is 4.41. The number of hydrogen-bond donors (Lipinski definition) is 0. The zero-order chi connectivity index (χ0) is 17.2. The van der Waals surface area contributed by atoms with Crippen LogP contribution in [-0.2, 0) is 12.5 Å². The Morgan fingerprint density at radius 3 is 2.48 bits per heavy atom. The molecule has 0 aliphatic heterocycles. The molecule has 6 nitrogen and oxygen atoms in total. The fourth-order valence-electron chi connectivity index (χ4n) is 2.00. The molecule has 1 heterocycles. The summed E-state index contributed by atoms with van der Waals surface area (Å²) in [6.45, 7) is 6.07. The Bertz CT molecular complexity index is 779. The van der Waals surface area contributed by atoms with Crippen LogP contribution in [-0.4, -0.2) is 22.9 Å². The van der Waals surface area contributed by atoms with E-state index in [2.05, 4.69) is 5.10 Å². The van der Waals surface area contributed by atoms with Crippen molar-refractivity contribution in [1.29, 1.82) is 5.26 Å². The van der Waals surface area contributed by atoms with Crippen LogP contribution in [0.5, 0.6) is 11.5 Å². The van der Waals surface area contributed by atoms with E-state index in [9.17, 15) is 4.79 Å². The lowest BCUT2D eigenvalue weighted by Gasteiger charge is -2.13. The molecule has 0 bridgehead atoms. The van der Waals surface area contributed by atoms with Crippen LogP contribution in [0.4, 0.5) is 0 Å². The highest BCUT2D eigenvalue weighted by Crippen LogP contribution is 2.29. The smallest absolute Gasteiger partial charge is 0.362 e. The Balaban J connectivity index is 2.30. The number of esters is 1. The maximum absolute atomic E-state index is 12.4. The monoisotopic (exact) mass is 313 g/mol. The lowest BCUT2D eigenvalue weighted by molar-refractivity contribution is 0.0718. The molecule has 0 fully saturated rings. The number of benzene rings is 1. The highest BCUT2D eigenvalue weighted by atomic mass is 16.6. The number of nitrogens with zero attached hydrogens (tertiary/aromatic N) is 3. The molecule has 0 saturated carbocycles. The van der Waals surface area contributed by atoms with Gasteiger partial charge in [0.15, 0.2) is 11.5 Å². The fourth-order valence-corrected chi connectivity index (χ4v) is 2.00. The number of methoxy groups -OCH3 is 1. The van der Waals surface area contributed by atoms with Crippen molar-refractivity contribution >= 4 is 5.97 Å². The van der Waals surface area contributed by atoms with E-state index in [1.54, 1.807) is 19.2 Å².